The molecular weight excluding hydrogens is 154 g/mol. The fraction of sp³-hybridized carbons (Fsp3) is 0. The lowest BCUT2D eigenvalue weighted by molar-refractivity contribution is 0.472. The molecule has 60 valence electrons. The molecule has 4 N–H and O–H groups in total. The number of rotatable bonds is 1. The highest BCUT2D eigenvalue weighted by atomic mass is 16.3. The molecule has 0 heterocycles. The first-order valence-corrected chi connectivity index (χ1v) is 3.23. The Hall–Kier alpha value is -2.02. The van der Waals surface area contributed by atoms with E-state index in [1.54, 1.807) is 12.1 Å². The molecule has 0 atom stereocenters. The largest absolute Gasteiger partial charge is 0.506 e. The minimum absolute atomic E-state index is 0.128. The van der Waals surface area contributed by atoms with E-state index in [1.165, 1.54) is 12.1 Å². The molecule has 4 heteroatoms. The van der Waals surface area contributed by atoms with Crippen LogP contribution in [0.15, 0.2) is 18.2 Å². The minimum Gasteiger partial charge on any atom is -0.506 e. The fourth-order valence-corrected chi connectivity index (χ4v) is 0.851. The summed E-state index contributed by atoms with van der Waals surface area (Å²) in [6, 6.07) is 6.30. The van der Waals surface area contributed by atoms with Gasteiger partial charge in [0.2, 0.25) is 0 Å². The number of amidine groups is 1. The summed E-state index contributed by atoms with van der Waals surface area (Å²) in [7, 11) is 0. The van der Waals surface area contributed by atoms with E-state index in [-0.39, 0.29) is 22.7 Å². The first-order chi connectivity index (χ1) is 5.66. The van der Waals surface area contributed by atoms with Gasteiger partial charge in [-0.3, -0.25) is 5.41 Å². The van der Waals surface area contributed by atoms with Gasteiger partial charge in [-0.05, 0) is 12.1 Å². The van der Waals surface area contributed by atoms with E-state index in [2.05, 4.69) is 0 Å². The minimum atomic E-state index is -0.246. The molecule has 0 fully saturated rings. The maximum atomic E-state index is 9.32. The topological polar surface area (TPSA) is 93.9 Å². The Labute approximate surface area is 69.4 Å². The van der Waals surface area contributed by atoms with Gasteiger partial charge in [0.15, 0.2) is 0 Å². The van der Waals surface area contributed by atoms with Crippen LogP contribution in [0, 0.1) is 16.7 Å². The van der Waals surface area contributed by atoms with Gasteiger partial charge in [0, 0.05) is 0 Å². The van der Waals surface area contributed by atoms with Gasteiger partial charge in [-0.15, -0.1) is 0 Å². The van der Waals surface area contributed by atoms with Crippen LogP contribution in [-0.4, -0.2) is 10.9 Å². The van der Waals surface area contributed by atoms with E-state index in [0.29, 0.717) is 0 Å². The molecule has 12 heavy (non-hydrogen) atoms. The van der Waals surface area contributed by atoms with E-state index < -0.39 is 0 Å². The molecule has 0 amide bonds. The zero-order chi connectivity index (χ0) is 9.14. The lowest BCUT2D eigenvalue weighted by atomic mass is 10.1. The molecule has 0 aliphatic heterocycles. The normalized spacial score (nSPS) is 8.92. The summed E-state index contributed by atoms with van der Waals surface area (Å²) in [6.45, 7) is 0. The van der Waals surface area contributed by atoms with Crippen LogP contribution in [0.2, 0.25) is 0 Å². The number of nitrogens with one attached hydrogen (secondary N) is 1. The maximum absolute atomic E-state index is 9.32. The zero-order valence-corrected chi connectivity index (χ0v) is 6.20. The quantitative estimate of drug-likeness (QED) is 0.414. The van der Waals surface area contributed by atoms with Crippen molar-refractivity contribution in [2.24, 2.45) is 5.73 Å². The molecule has 1 aromatic rings. The van der Waals surface area contributed by atoms with E-state index in [1.807, 2.05) is 0 Å². The predicted molar refractivity (Wildman–Crippen MR) is 43.8 cm³/mol. The first kappa shape index (κ1) is 8.08. The average molecular weight is 161 g/mol. The Morgan fingerprint density at radius 1 is 1.58 bits per heavy atom. The SMILES string of the molecule is N#Cc1cccc(C(=N)N)c1O. The predicted octanol–water partition coefficient (Wildman–Crippen LogP) is 0.548. The van der Waals surface area contributed by atoms with Crippen LogP contribution in [-0.2, 0) is 0 Å². The van der Waals surface area contributed by atoms with E-state index >= 15 is 0 Å². The van der Waals surface area contributed by atoms with Gasteiger partial charge in [-0.25, -0.2) is 0 Å². The highest BCUT2D eigenvalue weighted by molar-refractivity contribution is 5.98. The smallest absolute Gasteiger partial charge is 0.144 e. The Morgan fingerprint density at radius 2 is 2.25 bits per heavy atom. The highest BCUT2D eigenvalue weighted by Crippen LogP contribution is 2.20. The van der Waals surface area contributed by atoms with Crippen LogP contribution in [0.5, 0.6) is 5.75 Å². The summed E-state index contributed by atoms with van der Waals surface area (Å²) in [6.07, 6.45) is 0. The molecule has 0 saturated carbocycles. The van der Waals surface area contributed by atoms with Crippen LogP contribution < -0.4 is 5.73 Å². The average Bonchev–Trinajstić information content (AvgIpc) is 2.04. The van der Waals surface area contributed by atoms with Crippen molar-refractivity contribution in [3.05, 3.63) is 29.3 Å². The molecule has 0 radical (unpaired) electrons. The number of phenols is 1. The van der Waals surface area contributed by atoms with Crippen molar-refractivity contribution in [2.45, 2.75) is 0 Å². The van der Waals surface area contributed by atoms with E-state index in [0.717, 1.165) is 0 Å². The number of phenolic OH excluding ortho intramolecular Hbond substituents is 1. The van der Waals surface area contributed by atoms with Crippen molar-refractivity contribution in [3.8, 4) is 11.8 Å². The monoisotopic (exact) mass is 161 g/mol. The second kappa shape index (κ2) is 2.93. The van der Waals surface area contributed by atoms with Gasteiger partial charge in [0.25, 0.3) is 0 Å². The second-order valence-electron chi connectivity index (χ2n) is 2.23. The third-order valence-electron chi connectivity index (χ3n) is 1.45. The number of nitrogens with zero attached hydrogens (tertiary/aromatic N) is 1. The highest BCUT2D eigenvalue weighted by Gasteiger charge is 2.07. The van der Waals surface area contributed by atoms with E-state index in [9.17, 15) is 5.11 Å². The van der Waals surface area contributed by atoms with Crippen molar-refractivity contribution < 1.29 is 5.11 Å². The summed E-state index contributed by atoms with van der Waals surface area (Å²) >= 11 is 0. The molecule has 0 saturated heterocycles. The summed E-state index contributed by atoms with van der Waals surface area (Å²) in [5, 5.41) is 24.9. The van der Waals surface area contributed by atoms with Gasteiger partial charge >= 0.3 is 0 Å². The van der Waals surface area contributed by atoms with E-state index in [4.69, 9.17) is 16.4 Å². The Morgan fingerprint density at radius 3 is 2.75 bits per heavy atom. The number of aromatic hydroxyl groups is 1. The third-order valence-corrected chi connectivity index (χ3v) is 1.45. The number of benzene rings is 1. The molecule has 1 rings (SSSR count). The molecule has 0 bridgehead atoms. The Balaban J connectivity index is 3.35. The number of hydrogen-bond acceptors (Lipinski definition) is 3. The second-order valence-corrected chi connectivity index (χ2v) is 2.23. The van der Waals surface area contributed by atoms with Crippen molar-refractivity contribution in [2.75, 3.05) is 0 Å². The van der Waals surface area contributed by atoms with Gasteiger partial charge in [-0.1, -0.05) is 6.07 Å². The number of nitrogen functional groups attached to an aromatic ring is 1. The van der Waals surface area contributed by atoms with Crippen LogP contribution in [0.4, 0.5) is 0 Å². The van der Waals surface area contributed by atoms with Crippen molar-refractivity contribution in [3.63, 3.8) is 0 Å². The molecule has 0 spiro atoms. The standard InChI is InChI=1S/C8H7N3O/c9-4-5-2-1-3-6(7(5)12)8(10)11/h1-3,12H,(H3,10,11). The molecule has 0 aliphatic rings. The molecule has 0 aromatic heterocycles. The lowest BCUT2D eigenvalue weighted by Gasteiger charge is -2.01. The van der Waals surface area contributed by atoms with Gasteiger partial charge in [0.05, 0.1) is 11.1 Å². The first-order valence-electron chi connectivity index (χ1n) is 3.23. The van der Waals surface area contributed by atoms with Crippen LogP contribution in [0.25, 0.3) is 0 Å². The van der Waals surface area contributed by atoms with Gasteiger partial charge in [-0.2, -0.15) is 5.26 Å². The lowest BCUT2D eigenvalue weighted by Crippen LogP contribution is -2.11. The van der Waals surface area contributed by atoms with Crippen LogP contribution >= 0.6 is 0 Å². The maximum Gasteiger partial charge on any atom is 0.144 e. The molecule has 4 nitrogen and oxygen atoms in total. The van der Waals surface area contributed by atoms with Gasteiger partial charge < -0.3 is 10.8 Å². The Bertz CT molecular complexity index is 365. The molecular formula is C8H7N3O. The number of nitriles is 1. The molecule has 0 aliphatic carbocycles. The van der Waals surface area contributed by atoms with Crippen molar-refractivity contribution in [1.29, 1.82) is 10.7 Å². The number of para-hydroxylation sites is 1. The number of hydrogen-bond donors (Lipinski definition) is 3. The zero-order valence-electron chi connectivity index (χ0n) is 6.20. The summed E-state index contributed by atoms with van der Waals surface area (Å²) in [4.78, 5) is 0. The molecule has 1 aromatic carbocycles. The summed E-state index contributed by atoms with van der Waals surface area (Å²) in [5.41, 5.74) is 5.47. The Kier molecular flexibility index (Phi) is 1.97. The van der Waals surface area contributed by atoms with Crippen LogP contribution in [0.1, 0.15) is 11.1 Å². The fourth-order valence-electron chi connectivity index (χ4n) is 0.851. The molecule has 0 unspecified atom stereocenters. The summed E-state index contributed by atoms with van der Waals surface area (Å²) in [5.74, 6) is -0.475. The van der Waals surface area contributed by atoms with Gasteiger partial charge in [0.1, 0.15) is 17.7 Å². The van der Waals surface area contributed by atoms with Crippen molar-refractivity contribution in [1.82, 2.24) is 0 Å². The number of nitrogens with two attached hydrogens (primary N) is 1. The van der Waals surface area contributed by atoms with Crippen molar-refractivity contribution >= 4 is 5.84 Å². The summed E-state index contributed by atoms with van der Waals surface area (Å²) < 4.78 is 0. The third kappa shape index (κ3) is 1.20. The van der Waals surface area contributed by atoms with Crippen LogP contribution in [0.3, 0.4) is 0 Å².